The molecule has 3 fully saturated rings. The van der Waals surface area contributed by atoms with Crippen molar-refractivity contribution in [2.75, 3.05) is 78.5 Å². The molecule has 0 aromatic rings. The van der Waals surface area contributed by atoms with Crippen LogP contribution in [0, 0.1) is 0 Å². The number of ether oxygens (including phenoxy) is 2. The van der Waals surface area contributed by atoms with Crippen molar-refractivity contribution in [2.45, 2.75) is 89.3 Å². The zero-order valence-corrected chi connectivity index (χ0v) is 26.5. The number of hydrogen-bond acceptors (Lipinski definition) is 8. The van der Waals surface area contributed by atoms with Crippen LogP contribution >= 0.6 is 0 Å². The normalized spacial score (nSPS) is 21.2. The smallest absolute Gasteiger partial charge is 0.410 e. The second-order valence-electron chi connectivity index (χ2n) is 12.0. The Bertz CT molecular complexity index is 802. The van der Waals surface area contributed by atoms with Crippen molar-refractivity contribution in [3.63, 3.8) is 0 Å². The van der Waals surface area contributed by atoms with Gasteiger partial charge in [0.2, 0.25) is 0 Å². The summed E-state index contributed by atoms with van der Waals surface area (Å²) in [4.78, 5) is 57.2. The van der Waals surface area contributed by atoms with E-state index in [1.807, 2.05) is 0 Å². The Kier molecular flexibility index (Phi) is 16.2. The molecule has 3 aliphatic rings. The Morgan fingerprint density at radius 3 is 1.20 bits per heavy atom. The number of hydrogen-bond donors (Lipinski definition) is 4. The molecule has 6 N–H and O–H groups in total. The molecular weight excluding hydrogens is 568 g/mol. The summed E-state index contributed by atoms with van der Waals surface area (Å²) in [6.07, 6.45) is 9.31. The summed E-state index contributed by atoms with van der Waals surface area (Å²) in [7, 11) is 0. The maximum atomic E-state index is 12.8. The maximum Gasteiger partial charge on any atom is 0.410 e. The molecule has 252 valence electrons. The summed E-state index contributed by atoms with van der Waals surface area (Å²) in [5.41, 5.74) is 11.0. The summed E-state index contributed by atoms with van der Waals surface area (Å²) in [5.74, 6) is 0. The lowest BCUT2D eigenvalue weighted by Gasteiger charge is -2.36. The Morgan fingerprint density at radius 1 is 0.523 bits per heavy atom. The number of piperazine rings is 2. The zero-order chi connectivity index (χ0) is 31.6. The predicted molar refractivity (Wildman–Crippen MR) is 167 cm³/mol. The van der Waals surface area contributed by atoms with Crippen LogP contribution in [0.25, 0.3) is 0 Å². The van der Waals surface area contributed by atoms with Crippen LogP contribution in [-0.2, 0) is 9.47 Å². The molecule has 0 radical (unpaired) electrons. The van der Waals surface area contributed by atoms with E-state index >= 15 is 0 Å². The minimum atomic E-state index is -0.320. The van der Waals surface area contributed by atoms with Gasteiger partial charge >= 0.3 is 24.2 Å². The monoisotopic (exact) mass is 624 g/mol. The molecule has 0 spiro atoms. The first-order valence-corrected chi connectivity index (χ1v) is 16.8. The number of unbranched alkanes of at least 4 members (excludes halogenated alkanes) is 4. The van der Waals surface area contributed by atoms with E-state index in [-0.39, 0.29) is 36.5 Å². The first-order valence-electron chi connectivity index (χ1n) is 16.8. The van der Waals surface area contributed by atoms with Crippen LogP contribution in [0.3, 0.4) is 0 Å². The van der Waals surface area contributed by atoms with Crippen molar-refractivity contribution >= 4 is 24.2 Å². The van der Waals surface area contributed by atoms with E-state index in [4.69, 9.17) is 20.9 Å². The summed E-state index contributed by atoms with van der Waals surface area (Å²) in [6, 6.07) is -0.174. The van der Waals surface area contributed by atoms with Crippen LogP contribution in [0.5, 0.6) is 0 Å². The molecule has 44 heavy (non-hydrogen) atoms. The Balaban J connectivity index is 1.27. The van der Waals surface area contributed by atoms with Crippen molar-refractivity contribution in [3.05, 3.63) is 0 Å². The lowest BCUT2D eigenvalue weighted by atomic mass is 9.96. The Hall–Kier alpha value is -3.00. The highest BCUT2D eigenvalue weighted by molar-refractivity contribution is 5.75. The molecule has 2 heterocycles. The molecule has 0 atom stereocenters. The molecule has 0 bridgehead atoms. The van der Waals surface area contributed by atoms with Gasteiger partial charge in [-0.1, -0.05) is 12.8 Å². The highest BCUT2D eigenvalue weighted by atomic mass is 16.6. The number of rotatable bonds is 12. The molecule has 0 aromatic heterocycles. The largest absolute Gasteiger partial charge is 0.446 e. The quantitative estimate of drug-likeness (QED) is 0.239. The van der Waals surface area contributed by atoms with Crippen LogP contribution in [0.4, 0.5) is 19.2 Å². The minimum Gasteiger partial charge on any atom is -0.446 e. The second-order valence-corrected chi connectivity index (χ2v) is 12.0. The van der Waals surface area contributed by atoms with Crippen LogP contribution in [0.2, 0.25) is 0 Å². The highest BCUT2D eigenvalue weighted by Gasteiger charge is 2.30. The fraction of sp³-hybridized carbons (Fsp3) is 0.867. The Morgan fingerprint density at radius 2 is 0.864 bits per heavy atom. The van der Waals surface area contributed by atoms with Crippen LogP contribution in [0.1, 0.15) is 77.0 Å². The number of nitrogens with one attached hydrogen (secondary N) is 2. The third-order valence-electron chi connectivity index (χ3n) is 8.60. The number of nitrogens with zero attached hydrogens (tertiary/aromatic N) is 4. The molecule has 0 unspecified atom stereocenters. The van der Waals surface area contributed by atoms with Gasteiger partial charge in [0.05, 0.1) is 0 Å². The van der Waals surface area contributed by atoms with Gasteiger partial charge in [0, 0.05) is 65.4 Å². The number of nitrogens with two attached hydrogens (primary N) is 2. The van der Waals surface area contributed by atoms with E-state index in [1.165, 1.54) is 0 Å². The van der Waals surface area contributed by atoms with Gasteiger partial charge in [-0.15, -0.1) is 0 Å². The molecule has 2 aliphatic heterocycles. The zero-order valence-electron chi connectivity index (χ0n) is 26.5. The molecule has 14 heteroatoms. The van der Waals surface area contributed by atoms with E-state index in [1.54, 1.807) is 19.6 Å². The molecule has 1 saturated carbocycles. The second kappa shape index (κ2) is 20.1. The van der Waals surface area contributed by atoms with Crippen LogP contribution in [0.15, 0.2) is 0 Å². The highest BCUT2D eigenvalue weighted by Crippen LogP contribution is 2.23. The van der Waals surface area contributed by atoms with Gasteiger partial charge in [0.1, 0.15) is 12.2 Å². The lowest BCUT2D eigenvalue weighted by molar-refractivity contribution is 0.0197. The minimum absolute atomic E-state index is 0.0870. The SMILES string of the molecule is NCCCCCNC(=O)N1CCN(C(=O)OC2CCCC(OC(=O)N3CCN(C(=O)NCCCCCN)CC3)CCC2)CC1. The van der Waals surface area contributed by atoms with Gasteiger partial charge in [-0.25, -0.2) is 19.2 Å². The molecule has 14 nitrogen and oxygen atoms in total. The fourth-order valence-corrected chi connectivity index (χ4v) is 5.80. The van der Waals surface area contributed by atoms with E-state index in [9.17, 15) is 19.2 Å². The average molecular weight is 625 g/mol. The van der Waals surface area contributed by atoms with E-state index in [2.05, 4.69) is 10.6 Å². The van der Waals surface area contributed by atoms with E-state index < -0.39 is 0 Å². The van der Waals surface area contributed by atoms with Crippen molar-refractivity contribution in [3.8, 4) is 0 Å². The van der Waals surface area contributed by atoms with Gasteiger partial charge in [-0.05, 0) is 77.3 Å². The first-order chi connectivity index (χ1) is 21.4. The molecular formula is C30H56N8O6. The molecule has 0 aromatic carbocycles. The summed E-state index contributed by atoms with van der Waals surface area (Å²) in [6.45, 7) is 6.38. The van der Waals surface area contributed by atoms with Gasteiger partial charge in [-0.2, -0.15) is 0 Å². The summed E-state index contributed by atoms with van der Waals surface area (Å²) in [5, 5.41) is 5.88. The fourth-order valence-electron chi connectivity index (χ4n) is 5.80. The van der Waals surface area contributed by atoms with Crippen molar-refractivity contribution in [2.24, 2.45) is 11.5 Å². The average Bonchev–Trinajstić information content (AvgIpc) is 3.03. The third-order valence-corrected chi connectivity index (χ3v) is 8.60. The van der Waals surface area contributed by atoms with Crippen molar-refractivity contribution in [1.82, 2.24) is 30.2 Å². The summed E-state index contributed by atoms with van der Waals surface area (Å²) >= 11 is 0. The number of carbonyl (C=O) groups is 4. The molecule has 3 rings (SSSR count). The number of carbonyl (C=O) groups excluding carboxylic acids is 4. The molecule has 2 saturated heterocycles. The number of urea groups is 2. The first kappa shape index (κ1) is 35.5. The maximum absolute atomic E-state index is 12.8. The number of amides is 6. The lowest BCUT2D eigenvalue weighted by Crippen LogP contribution is -2.53. The molecule has 6 amide bonds. The summed E-state index contributed by atoms with van der Waals surface area (Å²) < 4.78 is 11.7. The van der Waals surface area contributed by atoms with Crippen LogP contribution < -0.4 is 22.1 Å². The van der Waals surface area contributed by atoms with Gasteiger partial charge < -0.3 is 51.2 Å². The van der Waals surface area contributed by atoms with Crippen molar-refractivity contribution in [1.29, 1.82) is 0 Å². The van der Waals surface area contributed by atoms with Crippen molar-refractivity contribution < 1.29 is 28.7 Å². The van der Waals surface area contributed by atoms with Crippen LogP contribution in [-0.4, -0.2) is 135 Å². The molecule has 1 aliphatic carbocycles. The van der Waals surface area contributed by atoms with Gasteiger partial charge in [0.25, 0.3) is 0 Å². The topological polar surface area (TPSA) is 176 Å². The van der Waals surface area contributed by atoms with Gasteiger partial charge in [0.15, 0.2) is 0 Å². The van der Waals surface area contributed by atoms with Gasteiger partial charge in [-0.3, -0.25) is 0 Å². The van der Waals surface area contributed by atoms with E-state index in [0.29, 0.717) is 78.5 Å². The Labute approximate surface area is 262 Å². The standard InChI is InChI=1S/C30H56N8O6/c31-13-3-1-5-15-33-27(39)35-17-21-37(22-18-35)29(41)43-25-9-7-11-26(12-8-10-25)44-30(42)38-23-19-36(20-24-38)28(40)34-16-6-2-4-14-32/h25-26H,1-24,31-32H2,(H,33,39)(H,34,40). The third kappa shape index (κ3) is 12.5. The predicted octanol–water partition coefficient (Wildman–Crippen LogP) is 2.26. The van der Waals surface area contributed by atoms with E-state index in [0.717, 1.165) is 77.0 Å².